The Balaban J connectivity index is 2.10. The highest BCUT2D eigenvalue weighted by atomic mass is 79.9. The minimum Gasteiger partial charge on any atom is -0.365 e. The molecule has 0 bridgehead atoms. The highest BCUT2D eigenvalue weighted by Crippen LogP contribution is 2.25. The molecule has 24 heavy (non-hydrogen) atoms. The Bertz CT molecular complexity index is 995. The van der Waals surface area contributed by atoms with Gasteiger partial charge in [-0.15, -0.1) is 0 Å². The van der Waals surface area contributed by atoms with Crippen molar-refractivity contribution in [3.8, 4) is 6.07 Å². The van der Waals surface area contributed by atoms with Crippen molar-refractivity contribution in [1.29, 1.82) is 5.26 Å². The molecule has 0 saturated heterocycles. The van der Waals surface area contributed by atoms with Crippen LogP contribution in [-0.2, 0) is 11.3 Å². The summed E-state index contributed by atoms with van der Waals surface area (Å²) in [5.41, 5.74) is 8.17. The number of amides is 1. The van der Waals surface area contributed by atoms with Crippen molar-refractivity contribution in [2.24, 2.45) is 5.73 Å². The van der Waals surface area contributed by atoms with Crippen molar-refractivity contribution < 1.29 is 4.79 Å². The largest absolute Gasteiger partial charge is 0.365 e. The summed E-state index contributed by atoms with van der Waals surface area (Å²) in [4.78, 5) is 11.3. The van der Waals surface area contributed by atoms with Gasteiger partial charge in [0.1, 0.15) is 11.6 Å². The molecule has 0 aliphatic carbocycles. The van der Waals surface area contributed by atoms with Gasteiger partial charge in [-0.3, -0.25) is 4.79 Å². The van der Waals surface area contributed by atoms with Crippen LogP contribution in [0.2, 0.25) is 0 Å². The molecule has 3 rings (SSSR count). The van der Waals surface area contributed by atoms with Crippen LogP contribution >= 0.6 is 15.9 Å². The summed E-state index contributed by atoms with van der Waals surface area (Å²) in [7, 11) is 0. The Kier molecular flexibility index (Phi) is 4.50. The van der Waals surface area contributed by atoms with E-state index in [0.29, 0.717) is 6.54 Å². The van der Waals surface area contributed by atoms with Crippen molar-refractivity contribution in [2.45, 2.75) is 6.54 Å². The molecule has 1 heterocycles. The summed E-state index contributed by atoms with van der Waals surface area (Å²) in [6.45, 7) is 0.687. The predicted molar refractivity (Wildman–Crippen MR) is 98.0 cm³/mol. The number of hydrogen-bond donors (Lipinski definition) is 1. The zero-order chi connectivity index (χ0) is 17.1. The van der Waals surface area contributed by atoms with Crippen LogP contribution in [-0.4, -0.2) is 10.5 Å². The van der Waals surface area contributed by atoms with E-state index in [0.717, 1.165) is 26.5 Å². The molecule has 0 saturated carbocycles. The van der Waals surface area contributed by atoms with E-state index in [1.54, 1.807) is 6.08 Å². The second-order valence-corrected chi connectivity index (χ2v) is 6.31. The van der Waals surface area contributed by atoms with Crippen molar-refractivity contribution in [3.05, 3.63) is 75.9 Å². The molecule has 2 aromatic carbocycles. The Morgan fingerprint density at radius 3 is 2.75 bits per heavy atom. The van der Waals surface area contributed by atoms with E-state index in [-0.39, 0.29) is 5.57 Å². The van der Waals surface area contributed by atoms with Crippen LogP contribution in [0.25, 0.3) is 17.0 Å². The molecule has 1 amide bonds. The highest BCUT2D eigenvalue weighted by Gasteiger charge is 2.10. The van der Waals surface area contributed by atoms with Gasteiger partial charge in [-0.05, 0) is 29.8 Å². The maximum absolute atomic E-state index is 11.3. The van der Waals surface area contributed by atoms with Gasteiger partial charge in [0.2, 0.25) is 0 Å². The first-order valence-corrected chi connectivity index (χ1v) is 8.11. The molecule has 5 heteroatoms. The van der Waals surface area contributed by atoms with Gasteiger partial charge >= 0.3 is 0 Å². The van der Waals surface area contributed by atoms with E-state index in [1.807, 2.05) is 48.7 Å². The van der Waals surface area contributed by atoms with Gasteiger partial charge in [0.05, 0.1) is 0 Å². The van der Waals surface area contributed by atoms with Gasteiger partial charge in [0.15, 0.2) is 0 Å². The van der Waals surface area contributed by atoms with Crippen molar-refractivity contribution >= 4 is 38.8 Å². The Morgan fingerprint density at radius 1 is 1.25 bits per heavy atom. The van der Waals surface area contributed by atoms with E-state index < -0.39 is 5.91 Å². The molecule has 0 spiro atoms. The van der Waals surface area contributed by atoms with Gasteiger partial charge in [0, 0.05) is 33.7 Å². The molecule has 0 unspecified atom stereocenters. The lowest BCUT2D eigenvalue weighted by Crippen LogP contribution is -2.12. The van der Waals surface area contributed by atoms with Gasteiger partial charge in [-0.2, -0.15) is 5.26 Å². The predicted octanol–water partition coefficient (Wildman–Crippen LogP) is 3.84. The van der Waals surface area contributed by atoms with Crippen LogP contribution < -0.4 is 5.73 Å². The maximum Gasteiger partial charge on any atom is 0.259 e. The zero-order valence-electron chi connectivity index (χ0n) is 12.7. The average Bonchev–Trinajstić information content (AvgIpc) is 2.90. The lowest BCUT2D eigenvalue weighted by molar-refractivity contribution is -0.114. The molecule has 0 radical (unpaired) electrons. The van der Waals surface area contributed by atoms with E-state index in [4.69, 9.17) is 11.0 Å². The molecule has 0 aliphatic heterocycles. The van der Waals surface area contributed by atoms with E-state index in [2.05, 4.69) is 32.6 Å². The number of nitrogens with zero attached hydrogens (tertiary/aromatic N) is 2. The number of fused-ring (bicyclic) bond motifs is 1. The number of nitriles is 1. The van der Waals surface area contributed by atoms with E-state index in [1.165, 1.54) is 0 Å². The summed E-state index contributed by atoms with van der Waals surface area (Å²) in [5.74, 6) is -0.721. The smallest absolute Gasteiger partial charge is 0.259 e. The number of aromatic nitrogens is 1. The number of para-hydroxylation sites is 1. The van der Waals surface area contributed by atoms with Crippen LogP contribution in [0.15, 0.2) is 64.8 Å². The lowest BCUT2D eigenvalue weighted by Gasteiger charge is -2.06. The number of hydrogen-bond acceptors (Lipinski definition) is 2. The topological polar surface area (TPSA) is 71.8 Å². The van der Waals surface area contributed by atoms with Gasteiger partial charge in [-0.25, -0.2) is 0 Å². The SMILES string of the molecule is N#CC(=Cc1cn(Cc2cccc(Br)c2)c2ccccc12)C(N)=O. The Labute approximate surface area is 147 Å². The summed E-state index contributed by atoms with van der Waals surface area (Å²) < 4.78 is 3.12. The summed E-state index contributed by atoms with van der Waals surface area (Å²) in [5, 5.41) is 10.0. The van der Waals surface area contributed by atoms with E-state index in [9.17, 15) is 4.79 Å². The van der Waals surface area contributed by atoms with Gasteiger partial charge in [0.25, 0.3) is 5.91 Å². The third kappa shape index (κ3) is 3.24. The van der Waals surface area contributed by atoms with Gasteiger partial charge < -0.3 is 10.3 Å². The molecule has 0 atom stereocenters. The number of halogens is 1. The zero-order valence-corrected chi connectivity index (χ0v) is 14.3. The summed E-state index contributed by atoms with van der Waals surface area (Å²) in [6.07, 6.45) is 3.48. The minimum absolute atomic E-state index is 0.0552. The number of primary amides is 1. The fourth-order valence-corrected chi connectivity index (χ4v) is 3.11. The van der Waals surface area contributed by atoms with Crippen molar-refractivity contribution in [1.82, 2.24) is 4.57 Å². The molecule has 0 fully saturated rings. The minimum atomic E-state index is -0.721. The van der Waals surface area contributed by atoms with Crippen LogP contribution in [0, 0.1) is 11.3 Å². The van der Waals surface area contributed by atoms with Crippen LogP contribution in [0.4, 0.5) is 0 Å². The third-order valence-electron chi connectivity index (χ3n) is 3.75. The number of carbonyl (C=O) groups excluding carboxylic acids is 1. The number of carbonyl (C=O) groups is 1. The molecule has 118 valence electrons. The average molecular weight is 380 g/mol. The highest BCUT2D eigenvalue weighted by molar-refractivity contribution is 9.10. The lowest BCUT2D eigenvalue weighted by atomic mass is 10.1. The number of nitrogens with two attached hydrogens (primary N) is 1. The van der Waals surface area contributed by atoms with Gasteiger partial charge in [-0.1, -0.05) is 46.3 Å². The molecule has 0 aliphatic rings. The fourth-order valence-electron chi connectivity index (χ4n) is 2.67. The quantitative estimate of drug-likeness (QED) is 0.552. The first-order valence-electron chi connectivity index (χ1n) is 7.32. The summed E-state index contributed by atoms with van der Waals surface area (Å²) >= 11 is 3.48. The molecule has 3 aromatic rings. The van der Waals surface area contributed by atoms with E-state index >= 15 is 0 Å². The molecule has 4 nitrogen and oxygen atoms in total. The maximum atomic E-state index is 11.3. The van der Waals surface area contributed by atoms with Crippen LogP contribution in [0.3, 0.4) is 0 Å². The van der Waals surface area contributed by atoms with Crippen molar-refractivity contribution in [3.63, 3.8) is 0 Å². The second-order valence-electron chi connectivity index (χ2n) is 5.39. The molecular weight excluding hydrogens is 366 g/mol. The van der Waals surface area contributed by atoms with Crippen LogP contribution in [0.1, 0.15) is 11.1 Å². The third-order valence-corrected chi connectivity index (χ3v) is 4.24. The normalized spacial score (nSPS) is 11.4. The number of benzene rings is 2. The second kappa shape index (κ2) is 6.73. The standard InChI is InChI=1S/C19H14BrN3O/c20-16-5-3-4-13(8-16)11-23-12-15(9-14(10-21)19(22)24)17-6-1-2-7-18(17)23/h1-9,12H,11H2,(H2,22,24). The fraction of sp³-hybridized carbons (Fsp3) is 0.0526. The van der Waals surface area contributed by atoms with Crippen molar-refractivity contribution in [2.75, 3.05) is 0 Å². The Hall–Kier alpha value is -2.84. The first kappa shape index (κ1) is 16.0. The summed E-state index contributed by atoms with van der Waals surface area (Å²) in [6, 6.07) is 17.8. The monoisotopic (exact) mass is 379 g/mol. The Morgan fingerprint density at radius 2 is 2.04 bits per heavy atom. The molecular formula is C19H14BrN3O. The molecule has 1 aromatic heterocycles. The first-order chi connectivity index (χ1) is 11.6. The number of rotatable bonds is 4. The molecule has 2 N–H and O–H groups in total. The van der Waals surface area contributed by atoms with Crippen LogP contribution in [0.5, 0.6) is 0 Å².